The summed E-state index contributed by atoms with van der Waals surface area (Å²) < 4.78 is 0. The number of phenolic OH excluding ortho intramolecular Hbond substituents is 1. The molecule has 0 saturated heterocycles. The van der Waals surface area contributed by atoms with Gasteiger partial charge in [0.1, 0.15) is 0 Å². The van der Waals surface area contributed by atoms with Crippen molar-refractivity contribution in [2.45, 2.75) is 13.0 Å². The molecule has 0 aliphatic rings. The molecule has 0 fully saturated rings. The third-order valence-electron chi connectivity index (χ3n) is 1.68. The van der Waals surface area contributed by atoms with Gasteiger partial charge in [-0.3, -0.25) is 10.1 Å². The first kappa shape index (κ1) is 9.47. The second kappa shape index (κ2) is 3.40. The molecule has 70 valence electrons. The van der Waals surface area contributed by atoms with Crippen LogP contribution in [0.15, 0.2) is 18.2 Å². The number of hydrogen-bond donors (Lipinski definition) is 2. The van der Waals surface area contributed by atoms with Crippen LogP contribution >= 0.6 is 0 Å². The lowest BCUT2D eigenvalue weighted by molar-refractivity contribution is -0.386. The Morgan fingerprint density at radius 3 is 2.62 bits per heavy atom. The minimum atomic E-state index is -0.778. The van der Waals surface area contributed by atoms with Gasteiger partial charge in [0.2, 0.25) is 0 Å². The zero-order valence-electron chi connectivity index (χ0n) is 6.97. The van der Waals surface area contributed by atoms with Crippen LogP contribution in [0.25, 0.3) is 0 Å². The van der Waals surface area contributed by atoms with E-state index in [1.54, 1.807) is 0 Å². The molecule has 0 saturated carbocycles. The van der Waals surface area contributed by atoms with Gasteiger partial charge >= 0.3 is 5.69 Å². The maximum absolute atomic E-state index is 10.4. The summed E-state index contributed by atoms with van der Waals surface area (Å²) in [5.74, 6) is -0.394. The molecule has 13 heavy (non-hydrogen) atoms. The van der Waals surface area contributed by atoms with E-state index in [0.29, 0.717) is 5.56 Å². The molecule has 0 radical (unpaired) electrons. The van der Waals surface area contributed by atoms with Gasteiger partial charge in [-0.15, -0.1) is 0 Å². The Kier molecular flexibility index (Phi) is 2.48. The smallest absolute Gasteiger partial charge is 0.311 e. The lowest BCUT2D eigenvalue weighted by Crippen LogP contribution is -1.94. The fourth-order valence-corrected chi connectivity index (χ4v) is 0.947. The van der Waals surface area contributed by atoms with Crippen molar-refractivity contribution < 1.29 is 15.1 Å². The molecule has 2 N–H and O–H groups in total. The summed E-state index contributed by atoms with van der Waals surface area (Å²) in [5, 5.41) is 28.5. The predicted molar refractivity (Wildman–Crippen MR) is 45.4 cm³/mol. The molecule has 0 amide bonds. The van der Waals surface area contributed by atoms with Crippen molar-refractivity contribution in [1.29, 1.82) is 0 Å². The Hall–Kier alpha value is -1.62. The van der Waals surface area contributed by atoms with E-state index < -0.39 is 22.5 Å². The summed E-state index contributed by atoms with van der Waals surface area (Å²) in [4.78, 5) is 9.67. The Labute approximate surface area is 74.4 Å². The van der Waals surface area contributed by atoms with Crippen LogP contribution in [-0.2, 0) is 0 Å². The number of aromatic hydroxyl groups is 1. The van der Waals surface area contributed by atoms with Gasteiger partial charge in [0.25, 0.3) is 0 Å². The maximum Gasteiger partial charge on any atom is 0.311 e. The Morgan fingerprint density at radius 1 is 1.54 bits per heavy atom. The van der Waals surface area contributed by atoms with E-state index in [-0.39, 0.29) is 0 Å². The highest BCUT2D eigenvalue weighted by Gasteiger charge is 2.14. The van der Waals surface area contributed by atoms with Gasteiger partial charge in [-0.05, 0) is 18.6 Å². The van der Waals surface area contributed by atoms with Gasteiger partial charge in [0, 0.05) is 6.07 Å². The molecule has 0 spiro atoms. The topological polar surface area (TPSA) is 83.6 Å². The molecule has 0 bridgehead atoms. The normalized spacial score (nSPS) is 12.5. The fraction of sp³-hybridized carbons (Fsp3) is 0.250. The van der Waals surface area contributed by atoms with E-state index in [1.807, 2.05) is 0 Å². The number of rotatable bonds is 2. The van der Waals surface area contributed by atoms with Gasteiger partial charge in [0.15, 0.2) is 5.75 Å². The largest absolute Gasteiger partial charge is 0.502 e. The zero-order valence-corrected chi connectivity index (χ0v) is 6.97. The first-order valence-electron chi connectivity index (χ1n) is 3.67. The number of nitro groups is 1. The number of nitro benzene ring substituents is 1. The number of aliphatic hydroxyl groups excluding tert-OH is 1. The lowest BCUT2D eigenvalue weighted by atomic mass is 10.1. The summed E-state index contributed by atoms with van der Waals surface area (Å²) in [7, 11) is 0. The van der Waals surface area contributed by atoms with Gasteiger partial charge in [-0.1, -0.05) is 6.07 Å². The number of hydrogen-bond acceptors (Lipinski definition) is 4. The van der Waals surface area contributed by atoms with E-state index in [0.717, 1.165) is 6.07 Å². The van der Waals surface area contributed by atoms with Gasteiger partial charge in [-0.25, -0.2) is 0 Å². The summed E-state index contributed by atoms with van der Waals surface area (Å²) in [6.45, 7) is 1.50. The van der Waals surface area contributed by atoms with Crippen molar-refractivity contribution in [1.82, 2.24) is 0 Å². The van der Waals surface area contributed by atoms with Gasteiger partial charge in [0.05, 0.1) is 11.0 Å². The molecular weight excluding hydrogens is 174 g/mol. The van der Waals surface area contributed by atoms with E-state index in [2.05, 4.69) is 0 Å². The van der Waals surface area contributed by atoms with Crippen LogP contribution in [0.3, 0.4) is 0 Å². The molecular formula is C8H9NO4. The number of phenols is 1. The zero-order chi connectivity index (χ0) is 10.0. The monoisotopic (exact) mass is 183 g/mol. The molecule has 0 aliphatic heterocycles. The van der Waals surface area contributed by atoms with Crippen molar-refractivity contribution in [2.24, 2.45) is 0 Å². The van der Waals surface area contributed by atoms with Crippen molar-refractivity contribution >= 4 is 5.69 Å². The standard InChI is InChI=1S/C8H9NO4/c1-5(10)6-2-3-8(11)7(4-6)9(12)13/h2-5,10-11H,1H3. The van der Waals surface area contributed by atoms with Crippen molar-refractivity contribution in [3.05, 3.63) is 33.9 Å². The highest BCUT2D eigenvalue weighted by Crippen LogP contribution is 2.28. The summed E-state index contributed by atoms with van der Waals surface area (Å²) in [6.07, 6.45) is -0.778. The average Bonchev–Trinajstić information content (AvgIpc) is 2.04. The van der Waals surface area contributed by atoms with Crippen LogP contribution in [0, 0.1) is 10.1 Å². The molecule has 1 rings (SSSR count). The Balaban J connectivity index is 3.19. The second-order valence-electron chi connectivity index (χ2n) is 2.68. The lowest BCUT2D eigenvalue weighted by Gasteiger charge is -2.04. The van der Waals surface area contributed by atoms with Gasteiger partial charge in [-0.2, -0.15) is 0 Å². The second-order valence-corrected chi connectivity index (χ2v) is 2.68. The molecule has 1 aromatic carbocycles. The maximum atomic E-state index is 10.4. The van der Waals surface area contributed by atoms with Crippen LogP contribution in [0.5, 0.6) is 5.75 Å². The molecule has 5 heteroatoms. The first-order valence-corrected chi connectivity index (χ1v) is 3.67. The summed E-state index contributed by atoms with van der Waals surface area (Å²) in [5.41, 5.74) is 0.0166. The number of nitrogens with zero attached hydrogens (tertiary/aromatic N) is 1. The predicted octanol–water partition coefficient (Wildman–Crippen LogP) is 1.35. The molecule has 0 heterocycles. The minimum Gasteiger partial charge on any atom is -0.502 e. The molecule has 1 atom stereocenters. The molecule has 0 aliphatic carbocycles. The summed E-state index contributed by atoms with van der Waals surface area (Å²) >= 11 is 0. The fourth-order valence-electron chi connectivity index (χ4n) is 0.947. The highest BCUT2D eigenvalue weighted by molar-refractivity contribution is 5.47. The molecule has 5 nitrogen and oxygen atoms in total. The SMILES string of the molecule is CC(O)c1ccc(O)c([N+](=O)[O-])c1. The van der Waals surface area contributed by atoms with Crippen LogP contribution in [-0.4, -0.2) is 15.1 Å². The quantitative estimate of drug-likeness (QED) is 0.535. The third-order valence-corrected chi connectivity index (χ3v) is 1.68. The van der Waals surface area contributed by atoms with E-state index in [9.17, 15) is 10.1 Å². The van der Waals surface area contributed by atoms with Crippen LogP contribution in [0.2, 0.25) is 0 Å². The number of aliphatic hydroxyl groups is 1. The van der Waals surface area contributed by atoms with Crippen LogP contribution < -0.4 is 0 Å². The minimum absolute atomic E-state index is 0.390. The molecule has 0 aromatic heterocycles. The van der Waals surface area contributed by atoms with Gasteiger partial charge < -0.3 is 10.2 Å². The van der Waals surface area contributed by atoms with Crippen LogP contribution in [0.4, 0.5) is 5.69 Å². The number of benzene rings is 1. The third kappa shape index (κ3) is 1.94. The Morgan fingerprint density at radius 2 is 2.15 bits per heavy atom. The van der Waals surface area contributed by atoms with Crippen molar-refractivity contribution in [2.75, 3.05) is 0 Å². The van der Waals surface area contributed by atoms with Crippen LogP contribution in [0.1, 0.15) is 18.6 Å². The van der Waals surface area contributed by atoms with Crippen molar-refractivity contribution in [3.8, 4) is 5.75 Å². The van der Waals surface area contributed by atoms with E-state index >= 15 is 0 Å². The molecule has 1 unspecified atom stereocenters. The van der Waals surface area contributed by atoms with E-state index in [1.165, 1.54) is 19.1 Å². The molecule has 1 aromatic rings. The Bertz CT molecular complexity index is 335. The first-order chi connectivity index (χ1) is 6.02. The average molecular weight is 183 g/mol. The summed E-state index contributed by atoms with van der Waals surface area (Å²) in [6, 6.07) is 3.78. The van der Waals surface area contributed by atoms with Crippen molar-refractivity contribution in [3.63, 3.8) is 0 Å². The highest BCUT2D eigenvalue weighted by atomic mass is 16.6. The van der Waals surface area contributed by atoms with E-state index in [4.69, 9.17) is 10.2 Å².